The van der Waals surface area contributed by atoms with Gasteiger partial charge in [0, 0.05) is 24.5 Å². The molecule has 0 radical (unpaired) electrons. The van der Waals surface area contributed by atoms with Crippen LogP contribution >= 0.6 is 0 Å². The third-order valence-corrected chi connectivity index (χ3v) is 3.15. The number of rotatable bonds is 4. The van der Waals surface area contributed by atoms with Crippen LogP contribution in [0.5, 0.6) is 0 Å². The van der Waals surface area contributed by atoms with E-state index in [2.05, 4.69) is 44.9 Å². The molecular weight excluding hydrogens is 184 g/mol. The van der Waals surface area contributed by atoms with Crippen LogP contribution < -0.4 is 10.6 Å². The fourth-order valence-electron chi connectivity index (χ4n) is 1.93. The highest BCUT2D eigenvalue weighted by Gasteiger charge is 2.11. The summed E-state index contributed by atoms with van der Waals surface area (Å²) in [4.78, 5) is 2.34. The van der Waals surface area contributed by atoms with Gasteiger partial charge in [0.25, 0.3) is 0 Å². The van der Waals surface area contributed by atoms with Crippen LogP contribution in [0.3, 0.4) is 0 Å². The minimum absolute atomic E-state index is 0.619. The summed E-state index contributed by atoms with van der Waals surface area (Å²) in [7, 11) is 2.16. The average Bonchev–Trinajstić information content (AvgIpc) is 2.23. The maximum absolute atomic E-state index is 5.81. The van der Waals surface area contributed by atoms with Gasteiger partial charge in [0.05, 0.1) is 0 Å². The zero-order valence-electron chi connectivity index (χ0n) is 10.2. The summed E-state index contributed by atoms with van der Waals surface area (Å²) in [6, 6.07) is 6.87. The molecule has 0 fully saturated rings. The quantitative estimate of drug-likeness (QED) is 0.766. The van der Waals surface area contributed by atoms with Crippen LogP contribution in [0.15, 0.2) is 18.2 Å². The fourth-order valence-corrected chi connectivity index (χ4v) is 1.93. The first-order valence-electron chi connectivity index (χ1n) is 5.69. The summed E-state index contributed by atoms with van der Waals surface area (Å²) >= 11 is 0. The molecule has 0 amide bonds. The van der Waals surface area contributed by atoms with Crippen molar-refractivity contribution < 1.29 is 0 Å². The second-order valence-corrected chi connectivity index (χ2v) is 4.12. The highest BCUT2D eigenvalue weighted by atomic mass is 15.1. The van der Waals surface area contributed by atoms with Crippen LogP contribution in [0.1, 0.15) is 32.3 Å². The normalized spacial score (nSPS) is 10.7. The lowest BCUT2D eigenvalue weighted by molar-refractivity contribution is 0.591. The van der Waals surface area contributed by atoms with Crippen molar-refractivity contribution in [3.05, 3.63) is 23.8 Å². The monoisotopic (exact) mass is 206 g/mol. The first-order valence-corrected chi connectivity index (χ1v) is 5.69. The van der Waals surface area contributed by atoms with Crippen molar-refractivity contribution >= 4 is 11.4 Å². The lowest BCUT2D eigenvalue weighted by Gasteiger charge is -2.28. The lowest BCUT2D eigenvalue weighted by atomic mass is 10.1. The number of hydrogen-bond acceptors (Lipinski definition) is 2. The minimum Gasteiger partial charge on any atom is -0.399 e. The van der Waals surface area contributed by atoms with E-state index in [1.165, 1.54) is 18.5 Å². The van der Waals surface area contributed by atoms with Gasteiger partial charge >= 0.3 is 0 Å². The number of nitrogens with two attached hydrogens (primary N) is 1. The molecule has 0 saturated heterocycles. The molecule has 1 aromatic rings. The van der Waals surface area contributed by atoms with E-state index in [-0.39, 0.29) is 0 Å². The molecule has 1 rings (SSSR count). The molecule has 0 saturated carbocycles. The number of hydrogen-bond donors (Lipinski definition) is 1. The summed E-state index contributed by atoms with van der Waals surface area (Å²) in [5, 5.41) is 0. The van der Waals surface area contributed by atoms with Gasteiger partial charge in [-0.25, -0.2) is 0 Å². The van der Waals surface area contributed by atoms with E-state index in [0.717, 1.165) is 11.3 Å². The Morgan fingerprint density at radius 2 is 1.87 bits per heavy atom. The summed E-state index contributed by atoms with van der Waals surface area (Å²) in [6.07, 6.45) is 2.35. The van der Waals surface area contributed by atoms with Gasteiger partial charge in [-0.15, -0.1) is 0 Å². The Kier molecular flexibility index (Phi) is 4.01. The largest absolute Gasteiger partial charge is 0.399 e. The van der Waals surface area contributed by atoms with E-state index in [9.17, 15) is 0 Å². The molecular formula is C13H22N2. The zero-order valence-corrected chi connectivity index (χ0v) is 10.2. The Morgan fingerprint density at radius 3 is 2.33 bits per heavy atom. The molecule has 0 heterocycles. The van der Waals surface area contributed by atoms with E-state index < -0.39 is 0 Å². The smallest absolute Gasteiger partial charge is 0.0370 e. The summed E-state index contributed by atoms with van der Waals surface area (Å²) < 4.78 is 0. The van der Waals surface area contributed by atoms with E-state index in [4.69, 9.17) is 5.73 Å². The Labute approximate surface area is 93.1 Å². The van der Waals surface area contributed by atoms with Gasteiger partial charge in [-0.1, -0.05) is 13.8 Å². The summed E-state index contributed by atoms with van der Waals surface area (Å²) in [5.74, 6) is 0. The van der Waals surface area contributed by atoms with Crippen molar-refractivity contribution in [2.24, 2.45) is 0 Å². The van der Waals surface area contributed by atoms with Gasteiger partial charge in [-0.2, -0.15) is 0 Å². The number of aryl methyl sites for hydroxylation is 1. The van der Waals surface area contributed by atoms with Gasteiger partial charge in [0.15, 0.2) is 0 Å². The molecule has 0 aliphatic rings. The summed E-state index contributed by atoms with van der Waals surface area (Å²) in [5.41, 5.74) is 9.10. The zero-order chi connectivity index (χ0) is 11.4. The second kappa shape index (κ2) is 5.06. The van der Waals surface area contributed by atoms with Crippen LogP contribution in [0.25, 0.3) is 0 Å². The molecule has 0 spiro atoms. The molecule has 1 aromatic carbocycles. The molecule has 0 unspecified atom stereocenters. The van der Waals surface area contributed by atoms with Crippen LogP contribution in [0.4, 0.5) is 11.4 Å². The van der Waals surface area contributed by atoms with Crippen LogP contribution in [0.2, 0.25) is 0 Å². The Balaban J connectivity index is 2.90. The number of nitrogen functional groups attached to an aromatic ring is 1. The summed E-state index contributed by atoms with van der Waals surface area (Å²) in [6.45, 7) is 6.52. The number of nitrogens with zero attached hydrogens (tertiary/aromatic N) is 1. The van der Waals surface area contributed by atoms with Gasteiger partial charge < -0.3 is 10.6 Å². The maximum atomic E-state index is 5.81. The van der Waals surface area contributed by atoms with Crippen molar-refractivity contribution in [1.82, 2.24) is 0 Å². The van der Waals surface area contributed by atoms with E-state index in [1.807, 2.05) is 6.07 Å². The highest BCUT2D eigenvalue weighted by Crippen LogP contribution is 2.22. The molecule has 0 aliphatic heterocycles. The van der Waals surface area contributed by atoms with E-state index >= 15 is 0 Å². The standard InChI is InChI=1S/C13H22N2/c1-5-11(6-2)15(4)12-7-8-13(14)10(3)9-12/h7-9,11H,5-6,14H2,1-4H3. The Hall–Kier alpha value is -1.18. The molecule has 0 aliphatic carbocycles. The third kappa shape index (κ3) is 2.65. The average molecular weight is 206 g/mol. The molecule has 2 nitrogen and oxygen atoms in total. The van der Waals surface area contributed by atoms with Crippen molar-refractivity contribution in [2.45, 2.75) is 39.7 Å². The van der Waals surface area contributed by atoms with Crippen molar-refractivity contribution in [2.75, 3.05) is 17.7 Å². The van der Waals surface area contributed by atoms with E-state index in [0.29, 0.717) is 6.04 Å². The molecule has 2 N–H and O–H groups in total. The molecule has 0 bridgehead atoms. The number of anilines is 2. The fraction of sp³-hybridized carbons (Fsp3) is 0.538. The second-order valence-electron chi connectivity index (χ2n) is 4.12. The predicted octanol–water partition coefficient (Wildman–Crippen LogP) is 3.20. The first kappa shape index (κ1) is 11.9. The number of benzene rings is 1. The predicted molar refractivity (Wildman–Crippen MR) is 68.4 cm³/mol. The molecule has 0 atom stereocenters. The molecule has 2 heteroatoms. The molecule has 84 valence electrons. The highest BCUT2D eigenvalue weighted by molar-refractivity contribution is 5.58. The molecule has 0 aromatic heterocycles. The Bertz CT molecular complexity index is 316. The van der Waals surface area contributed by atoms with Gasteiger partial charge in [-0.3, -0.25) is 0 Å². The van der Waals surface area contributed by atoms with E-state index in [1.54, 1.807) is 0 Å². The van der Waals surface area contributed by atoms with Crippen molar-refractivity contribution in [3.8, 4) is 0 Å². The van der Waals surface area contributed by atoms with Crippen LogP contribution in [-0.2, 0) is 0 Å². The minimum atomic E-state index is 0.619. The topological polar surface area (TPSA) is 29.3 Å². The van der Waals surface area contributed by atoms with Crippen molar-refractivity contribution in [3.63, 3.8) is 0 Å². The van der Waals surface area contributed by atoms with Crippen LogP contribution in [-0.4, -0.2) is 13.1 Å². The van der Waals surface area contributed by atoms with Gasteiger partial charge in [0.2, 0.25) is 0 Å². The maximum Gasteiger partial charge on any atom is 0.0370 e. The third-order valence-electron chi connectivity index (χ3n) is 3.15. The van der Waals surface area contributed by atoms with Gasteiger partial charge in [0.1, 0.15) is 0 Å². The SMILES string of the molecule is CCC(CC)N(C)c1ccc(N)c(C)c1. The van der Waals surface area contributed by atoms with Crippen molar-refractivity contribution in [1.29, 1.82) is 0 Å². The van der Waals surface area contributed by atoms with Gasteiger partial charge in [-0.05, 0) is 43.5 Å². The van der Waals surface area contributed by atoms with Crippen LogP contribution in [0, 0.1) is 6.92 Å². The Morgan fingerprint density at radius 1 is 1.27 bits per heavy atom. The lowest BCUT2D eigenvalue weighted by Crippen LogP contribution is -2.30. The molecule has 15 heavy (non-hydrogen) atoms. The first-order chi connectivity index (χ1) is 7.10.